The lowest BCUT2D eigenvalue weighted by molar-refractivity contribution is -0.122. The Kier molecular flexibility index (Phi) is 6.17. The van der Waals surface area contributed by atoms with Gasteiger partial charge in [0.15, 0.2) is 11.6 Å². The quantitative estimate of drug-likeness (QED) is 0.812. The van der Waals surface area contributed by atoms with Gasteiger partial charge in [-0.15, -0.1) is 0 Å². The molecular weight excluding hydrogens is 299 g/mol. The van der Waals surface area contributed by atoms with Gasteiger partial charge in [0, 0.05) is 6.54 Å². The van der Waals surface area contributed by atoms with Gasteiger partial charge < -0.3 is 14.5 Å². The molecule has 2 aromatic rings. The summed E-state index contributed by atoms with van der Waals surface area (Å²) < 4.78 is 24.0. The smallest absolute Gasteiger partial charge is 0.234 e. The molecule has 0 saturated carbocycles. The minimum Gasteiger partial charge on any atom is -0.489 e. The first kappa shape index (κ1) is 17.0. The van der Waals surface area contributed by atoms with Gasteiger partial charge in [-0.05, 0) is 38.2 Å². The van der Waals surface area contributed by atoms with E-state index in [9.17, 15) is 9.18 Å². The molecule has 6 heteroatoms. The molecule has 1 aromatic carbocycles. The summed E-state index contributed by atoms with van der Waals surface area (Å²) in [7, 11) is 1.81. The molecule has 124 valence electrons. The highest BCUT2D eigenvalue weighted by Gasteiger charge is 2.13. The Morgan fingerprint density at radius 3 is 2.83 bits per heavy atom. The number of rotatable bonds is 8. The molecule has 0 saturated heterocycles. The number of para-hydroxylation sites is 1. The fourth-order valence-electron chi connectivity index (χ4n) is 2.09. The van der Waals surface area contributed by atoms with Crippen molar-refractivity contribution >= 4 is 5.91 Å². The van der Waals surface area contributed by atoms with Crippen molar-refractivity contribution in [2.75, 3.05) is 26.7 Å². The van der Waals surface area contributed by atoms with Crippen LogP contribution in [0.5, 0.6) is 5.75 Å². The van der Waals surface area contributed by atoms with Gasteiger partial charge in [0.05, 0.1) is 18.8 Å². The third kappa shape index (κ3) is 5.41. The maximum atomic E-state index is 13.4. The largest absolute Gasteiger partial charge is 0.489 e. The summed E-state index contributed by atoms with van der Waals surface area (Å²) in [5, 5.41) is 2.86. The SMILES string of the molecule is CC(NC(=O)CN(C)CCOc1ccccc1F)c1ccco1. The van der Waals surface area contributed by atoms with Crippen molar-refractivity contribution in [1.29, 1.82) is 0 Å². The van der Waals surface area contributed by atoms with Crippen molar-refractivity contribution in [1.82, 2.24) is 10.2 Å². The molecule has 0 spiro atoms. The van der Waals surface area contributed by atoms with Gasteiger partial charge in [0.2, 0.25) is 5.91 Å². The van der Waals surface area contributed by atoms with Crippen LogP contribution in [0.2, 0.25) is 0 Å². The third-order valence-electron chi connectivity index (χ3n) is 3.33. The van der Waals surface area contributed by atoms with Gasteiger partial charge in [-0.2, -0.15) is 0 Å². The van der Waals surface area contributed by atoms with Crippen LogP contribution in [-0.4, -0.2) is 37.6 Å². The first-order chi connectivity index (χ1) is 11.1. The van der Waals surface area contributed by atoms with Crippen molar-refractivity contribution in [3.63, 3.8) is 0 Å². The van der Waals surface area contributed by atoms with Crippen LogP contribution >= 0.6 is 0 Å². The van der Waals surface area contributed by atoms with Crippen LogP contribution < -0.4 is 10.1 Å². The van der Waals surface area contributed by atoms with Crippen LogP contribution in [0, 0.1) is 5.82 Å². The van der Waals surface area contributed by atoms with Gasteiger partial charge in [0.25, 0.3) is 0 Å². The van der Waals surface area contributed by atoms with Crippen LogP contribution in [0.25, 0.3) is 0 Å². The molecule has 1 amide bonds. The predicted molar refractivity (Wildman–Crippen MR) is 84.7 cm³/mol. The number of benzene rings is 1. The number of furan rings is 1. The maximum absolute atomic E-state index is 13.4. The third-order valence-corrected chi connectivity index (χ3v) is 3.33. The second-order valence-electron chi connectivity index (χ2n) is 5.32. The van der Waals surface area contributed by atoms with Crippen LogP contribution in [0.1, 0.15) is 18.7 Å². The molecule has 0 fully saturated rings. The molecular formula is C17H21FN2O3. The summed E-state index contributed by atoms with van der Waals surface area (Å²) in [6.45, 7) is 2.90. The zero-order valence-corrected chi connectivity index (χ0v) is 13.3. The number of hydrogen-bond donors (Lipinski definition) is 1. The average Bonchev–Trinajstić information content (AvgIpc) is 3.03. The van der Waals surface area contributed by atoms with E-state index < -0.39 is 0 Å². The number of ether oxygens (including phenoxy) is 1. The number of carbonyl (C=O) groups excluding carboxylic acids is 1. The number of nitrogens with one attached hydrogen (secondary N) is 1. The average molecular weight is 320 g/mol. The van der Waals surface area contributed by atoms with Gasteiger partial charge in [0.1, 0.15) is 12.4 Å². The first-order valence-electron chi connectivity index (χ1n) is 7.45. The normalized spacial score (nSPS) is 12.2. The number of nitrogens with zero attached hydrogens (tertiary/aromatic N) is 1. The summed E-state index contributed by atoms with van der Waals surface area (Å²) in [6, 6.07) is 9.67. The molecule has 1 unspecified atom stereocenters. The molecule has 1 atom stereocenters. The Bertz CT molecular complexity index is 616. The standard InChI is InChI=1S/C17H21FN2O3/c1-13(15-8-5-10-22-15)19-17(21)12-20(2)9-11-23-16-7-4-3-6-14(16)18/h3-8,10,13H,9,11-12H2,1-2H3,(H,19,21). The molecule has 0 bridgehead atoms. The molecule has 0 aliphatic rings. The summed E-state index contributed by atoms with van der Waals surface area (Å²) in [5.41, 5.74) is 0. The highest BCUT2D eigenvalue weighted by atomic mass is 19.1. The zero-order valence-electron chi connectivity index (χ0n) is 13.3. The lowest BCUT2D eigenvalue weighted by Gasteiger charge is -2.18. The van der Waals surface area contributed by atoms with Gasteiger partial charge >= 0.3 is 0 Å². The highest BCUT2D eigenvalue weighted by Crippen LogP contribution is 2.15. The minimum atomic E-state index is -0.389. The van der Waals surface area contributed by atoms with Crippen molar-refractivity contribution in [3.05, 3.63) is 54.2 Å². The highest BCUT2D eigenvalue weighted by molar-refractivity contribution is 5.78. The van der Waals surface area contributed by atoms with E-state index in [1.165, 1.54) is 6.07 Å². The number of amides is 1. The van der Waals surface area contributed by atoms with E-state index in [0.717, 1.165) is 0 Å². The van der Waals surface area contributed by atoms with E-state index >= 15 is 0 Å². The molecule has 1 aromatic heterocycles. The molecule has 5 nitrogen and oxygen atoms in total. The molecule has 0 radical (unpaired) electrons. The van der Waals surface area contributed by atoms with E-state index in [1.54, 1.807) is 30.5 Å². The van der Waals surface area contributed by atoms with E-state index in [2.05, 4.69) is 5.32 Å². The lowest BCUT2D eigenvalue weighted by Crippen LogP contribution is -2.37. The van der Waals surface area contributed by atoms with E-state index in [4.69, 9.17) is 9.15 Å². The Balaban J connectivity index is 1.69. The van der Waals surface area contributed by atoms with Crippen LogP contribution in [0.3, 0.4) is 0 Å². The van der Waals surface area contributed by atoms with E-state index in [0.29, 0.717) is 18.9 Å². The number of likely N-dealkylation sites (N-methyl/N-ethyl adjacent to an activating group) is 1. The van der Waals surface area contributed by atoms with Crippen molar-refractivity contribution in [2.24, 2.45) is 0 Å². The Morgan fingerprint density at radius 2 is 2.13 bits per heavy atom. The van der Waals surface area contributed by atoms with Crippen molar-refractivity contribution < 1.29 is 18.3 Å². The Hall–Kier alpha value is -2.34. The predicted octanol–water partition coefficient (Wildman–Crippen LogP) is 2.61. The van der Waals surface area contributed by atoms with Crippen molar-refractivity contribution in [2.45, 2.75) is 13.0 Å². The second-order valence-corrected chi connectivity index (χ2v) is 5.32. The van der Waals surface area contributed by atoms with Gasteiger partial charge in [-0.25, -0.2) is 4.39 Å². The summed E-state index contributed by atoms with van der Waals surface area (Å²) in [4.78, 5) is 13.8. The zero-order chi connectivity index (χ0) is 16.7. The van der Waals surface area contributed by atoms with Gasteiger partial charge in [-0.1, -0.05) is 12.1 Å². The lowest BCUT2D eigenvalue weighted by atomic mass is 10.2. The Morgan fingerprint density at radius 1 is 1.35 bits per heavy atom. The summed E-state index contributed by atoms with van der Waals surface area (Å²) >= 11 is 0. The summed E-state index contributed by atoms with van der Waals surface area (Å²) in [6.07, 6.45) is 1.57. The van der Waals surface area contributed by atoms with Gasteiger partial charge in [-0.3, -0.25) is 9.69 Å². The fraction of sp³-hybridized carbons (Fsp3) is 0.353. The minimum absolute atomic E-state index is 0.109. The molecule has 0 aliphatic carbocycles. The molecule has 1 heterocycles. The molecule has 1 N–H and O–H groups in total. The van der Waals surface area contributed by atoms with E-state index in [-0.39, 0.29) is 30.1 Å². The monoisotopic (exact) mass is 320 g/mol. The number of halogens is 1. The van der Waals surface area contributed by atoms with Crippen LogP contribution in [0.15, 0.2) is 47.1 Å². The van der Waals surface area contributed by atoms with Crippen molar-refractivity contribution in [3.8, 4) is 5.75 Å². The first-order valence-corrected chi connectivity index (χ1v) is 7.45. The van der Waals surface area contributed by atoms with E-state index in [1.807, 2.05) is 24.9 Å². The summed E-state index contributed by atoms with van der Waals surface area (Å²) in [5.74, 6) is 0.433. The second kappa shape index (κ2) is 8.33. The Labute approximate surface area is 135 Å². The number of carbonyl (C=O) groups is 1. The fourth-order valence-corrected chi connectivity index (χ4v) is 2.09. The van der Waals surface area contributed by atoms with Crippen LogP contribution in [0.4, 0.5) is 4.39 Å². The van der Waals surface area contributed by atoms with Crippen LogP contribution in [-0.2, 0) is 4.79 Å². The topological polar surface area (TPSA) is 54.7 Å². The molecule has 2 rings (SSSR count). The molecule has 23 heavy (non-hydrogen) atoms. The maximum Gasteiger partial charge on any atom is 0.234 e. The molecule has 0 aliphatic heterocycles. The number of hydrogen-bond acceptors (Lipinski definition) is 4.